The quantitative estimate of drug-likeness (QED) is 0.647. The largest absolute Gasteiger partial charge is 0.294 e. The van der Waals surface area contributed by atoms with Crippen LogP contribution in [0.3, 0.4) is 0 Å². The number of unbranched alkanes of at least 4 members (excludes halogenated alkanes) is 3. The van der Waals surface area contributed by atoms with E-state index >= 15 is 0 Å². The van der Waals surface area contributed by atoms with Crippen LogP contribution >= 0.6 is 0 Å². The monoisotopic (exact) mass is 211 g/mol. The van der Waals surface area contributed by atoms with Gasteiger partial charge in [-0.05, 0) is 20.3 Å². The van der Waals surface area contributed by atoms with E-state index in [0.29, 0.717) is 0 Å². The normalized spacial score (nSPS) is 18.2. The molecule has 0 N–H and O–H groups in total. The fraction of sp³-hybridized carbons (Fsp3) is 0.833. The van der Waals surface area contributed by atoms with Gasteiger partial charge in [0, 0.05) is 32.0 Å². The molecular weight excluding hydrogens is 186 g/mol. The second-order valence-electron chi connectivity index (χ2n) is 4.37. The Labute approximate surface area is 94.3 Å². The molecule has 15 heavy (non-hydrogen) atoms. The zero-order valence-electron chi connectivity index (χ0n) is 10.9. The molecule has 3 heteroatoms. The van der Waals surface area contributed by atoms with Crippen molar-refractivity contribution in [3.63, 3.8) is 0 Å². The standard InChI is InChI=1S/C12H25N3/c1-6-7-8-9-10-15-12(3)11(2)13(4)14(15)5/h6-10H2,1-5H3. The molecule has 0 radical (unpaired) electrons. The zero-order chi connectivity index (χ0) is 11.4. The average Bonchev–Trinajstić information content (AvgIpc) is 2.41. The Kier molecular flexibility index (Phi) is 4.45. The summed E-state index contributed by atoms with van der Waals surface area (Å²) in [5.74, 6) is 0. The molecule has 0 atom stereocenters. The van der Waals surface area contributed by atoms with E-state index in [1.54, 1.807) is 0 Å². The molecule has 1 heterocycles. The third kappa shape index (κ3) is 2.65. The average molecular weight is 211 g/mol. The number of hydrogen-bond acceptors (Lipinski definition) is 3. The van der Waals surface area contributed by atoms with Crippen molar-refractivity contribution >= 4 is 0 Å². The van der Waals surface area contributed by atoms with Crippen molar-refractivity contribution in [1.29, 1.82) is 0 Å². The van der Waals surface area contributed by atoms with E-state index in [0.717, 1.165) is 6.54 Å². The Morgan fingerprint density at radius 2 is 1.60 bits per heavy atom. The molecule has 0 unspecified atom stereocenters. The molecule has 0 bridgehead atoms. The lowest BCUT2D eigenvalue weighted by atomic mass is 10.2. The van der Waals surface area contributed by atoms with Gasteiger partial charge in [-0.3, -0.25) is 10.0 Å². The van der Waals surface area contributed by atoms with Crippen molar-refractivity contribution in [2.24, 2.45) is 0 Å². The van der Waals surface area contributed by atoms with Crippen molar-refractivity contribution < 1.29 is 0 Å². The van der Waals surface area contributed by atoms with Crippen LogP contribution in [0.1, 0.15) is 46.5 Å². The van der Waals surface area contributed by atoms with Crippen LogP contribution in [0.25, 0.3) is 0 Å². The number of hydrazine groups is 2. The van der Waals surface area contributed by atoms with Gasteiger partial charge in [0.05, 0.1) is 0 Å². The highest BCUT2D eigenvalue weighted by atomic mass is 15.9. The second-order valence-corrected chi connectivity index (χ2v) is 4.37. The third-order valence-corrected chi connectivity index (χ3v) is 3.40. The molecule has 0 saturated heterocycles. The van der Waals surface area contributed by atoms with E-state index in [1.165, 1.54) is 37.1 Å². The van der Waals surface area contributed by atoms with Gasteiger partial charge in [-0.1, -0.05) is 26.2 Å². The van der Waals surface area contributed by atoms with Crippen LogP contribution in [-0.2, 0) is 0 Å². The van der Waals surface area contributed by atoms with Crippen molar-refractivity contribution in [3.05, 3.63) is 11.4 Å². The van der Waals surface area contributed by atoms with E-state index in [9.17, 15) is 0 Å². The Morgan fingerprint density at radius 3 is 2.07 bits per heavy atom. The van der Waals surface area contributed by atoms with Crippen LogP contribution in [0.2, 0.25) is 0 Å². The van der Waals surface area contributed by atoms with E-state index in [2.05, 4.69) is 50.0 Å². The van der Waals surface area contributed by atoms with E-state index in [4.69, 9.17) is 0 Å². The summed E-state index contributed by atoms with van der Waals surface area (Å²) in [6, 6.07) is 0. The minimum absolute atomic E-state index is 1.14. The van der Waals surface area contributed by atoms with Crippen LogP contribution in [0, 0.1) is 0 Å². The summed E-state index contributed by atoms with van der Waals surface area (Å²) < 4.78 is 0. The SMILES string of the molecule is CCCCCCN1C(C)=C(C)N(C)N1C. The number of rotatable bonds is 5. The fourth-order valence-electron chi connectivity index (χ4n) is 2.02. The molecule has 0 fully saturated rings. The van der Waals surface area contributed by atoms with Gasteiger partial charge in [-0.2, -0.15) is 0 Å². The van der Waals surface area contributed by atoms with Gasteiger partial charge in [-0.25, -0.2) is 0 Å². The molecule has 88 valence electrons. The Hall–Kier alpha value is -0.700. The summed E-state index contributed by atoms with van der Waals surface area (Å²) in [5.41, 5.74) is 2.74. The Balaban J connectivity index is 2.42. The molecule has 1 rings (SSSR count). The molecule has 0 amide bonds. The smallest absolute Gasteiger partial charge is 0.0486 e. The van der Waals surface area contributed by atoms with Gasteiger partial charge in [-0.15, -0.1) is 5.12 Å². The summed E-state index contributed by atoms with van der Waals surface area (Å²) in [4.78, 5) is 0. The molecule has 3 nitrogen and oxygen atoms in total. The summed E-state index contributed by atoms with van der Waals surface area (Å²) in [6.07, 6.45) is 5.30. The summed E-state index contributed by atoms with van der Waals surface area (Å²) >= 11 is 0. The van der Waals surface area contributed by atoms with Gasteiger partial charge in [0.15, 0.2) is 0 Å². The van der Waals surface area contributed by atoms with Crippen LogP contribution < -0.4 is 0 Å². The van der Waals surface area contributed by atoms with Crippen molar-refractivity contribution in [2.45, 2.75) is 46.5 Å². The summed E-state index contributed by atoms with van der Waals surface area (Å²) in [5, 5.41) is 6.77. The first kappa shape index (κ1) is 12.4. The lowest BCUT2D eigenvalue weighted by molar-refractivity contribution is -0.0804. The highest BCUT2D eigenvalue weighted by molar-refractivity contribution is 5.10. The zero-order valence-corrected chi connectivity index (χ0v) is 10.9. The number of hydrogen-bond donors (Lipinski definition) is 0. The van der Waals surface area contributed by atoms with Crippen molar-refractivity contribution in [1.82, 2.24) is 15.1 Å². The highest BCUT2D eigenvalue weighted by Crippen LogP contribution is 2.24. The highest BCUT2D eigenvalue weighted by Gasteiger charge is 2.25. The van der Waals surface area contributed by atoms with E-state index < -0.39 is 0 Å². The first-order chi connectivity index (χ1) is 7.09. The maximum absolute atomic E-state index is 2.37. The third-order valence-electron chi connectivity index (χ3n) is 3.40. The minimum atomic E-state index is 1.14. The van der Waals surface area contributed by atoms with E-state index in [1.807, 2.05) is 0 Å². The van der Waals surface area contributed by atoms with Crippen LogP contribution in [0.5, 0.6) is 0 Å². The lowest BCUT2D eigenvalue weighted by Gasteiger charge is -2.32. The van der Waals surface area contributed by atoms with Gasteiger partial charge in [0.1, 0.15) is 0 Å². The predicted octanol–water partition coefficient (Wildman–Crippen LogP) is 2.83. The maximum atomic E-state index is 2.37. The van der Waals surface area contributed by atoms with Gasteiger partial charge < -0.3 is 0 Å². The maximum Gasteiger partial charge on any atom is 0.0486 e. The molecule has 0 aromatic rings. The first-order valence-electron chi connectivity index (χ1n) is 6.01. The van der Waals surface area contributed by atoms with E-state index in [-0.39, 0.29) is 0 Å². The number of nitrogens with zero attached hydrogens (tertiary/aromatic N) is 3. The van der Waals surface area contributed by atoms with Crippen molar-refractivity contribution in [3.8, 4) is 0 Å². The summed E-state index contributed by atoms with van der Waals surface area (Å²) in [6.45, 7) is 7.78. The summed E-state index contributed by atoms with van der Waals surface area (Å²) in [7, 11) is 4.24. The lowest BCUT2D eigenvalue weighted by Crippen LogP contribution is -2.41. The molecular formula is C12H25N3. The van der Waals surface area contributed by atoms with Gasteiger partial charge >= 0.3 is 0 Å². The Bertz CT molecular complexity index is 235. The molecule has 0 spiro atoms. The predicted molar refractivity (Wildman–Crippen MR) is 64.7 cm³/mol. The molecule has 0 aliphatic carbocycles. The number of allylic oxidation sites excluding steroid dienone is 2. The molecule has 0 aromatic carbocycles. The topological polar surface area (TPSA) is 9.72 Å². The molecule has 0 saturated carbocycles. The van der Waals surface area contributed by atoms with Gasteiger partial charge in [0.25, 0.3) is 0 Å². The molecule has 1 aliphatic heterocycles. The minimum Gasteiger partial charge on any atom is -0.294 e. The second kappa shape index (κ2) is 5.40. The Morgan fingerprint density at radius 1 is 0.933 bits per heavy atom. The van der Waals surface area contributed by atoms with Gasteiger partial charge in [0.2, 0.25) is 0 Å². The molecule has 1 aliphatic rings. The first-order valence-corrected chi connectivity index (χ1v) is 6.01. The van der Waals surface area contributed by atoms with Crippen LogP contribution in [-0.4, -0.2) is 35.8 Å². The van der Waals surface area contributed by atoms with Crippen molar-refractivity contribution in [2.75, 3.05) is 20.6 Å². The van der Waals surface area contributed by atoms with Crippen LogP contribution in [0.4, 0.5) is 0 Å². The fourth-order valence-corrected chi connectivity index (χ4v) is 2.02. The molecule has 0 aromatic heterocycles. The van der Waals surface area contributed by atoms with Crippen LogP contribution in [0.15, 0.2) is 11.4 Å².